The minimum Gasteiger partial charge on any atom is -0.465 e. The molecular weight excluding hydrogens is 362 g/mol. The third kappa shape index (κ3) is 3.50. The van der Waals surface area contributed by atoms with E-state index in [1.807, 2.05) is 29.2 Å². The van der Waals surface area contributed by atoms with E-state index in [0.29, 0.717) is 17.8 Å². The van der Waals surface area contributed by atoms with Gasteiger partial charge < -0.3 is 15.0 Å². The monoisotopic (exact) mass is 381 g/mol. The number of hydrogen-bond donors (Lipinski definition) is 1. The third-order valence-corrected chi connectivity index (χ3v) is 5.78. The number of carbonyl (C=O) groups excluding carboxylic acids is 2. The lowest BCUT2D eigenvalue weighted by atomic mass is 10.2. The lowest BCUT2D eigenvalue weighted by Crippen LogP contribution is -2.34. The highest BCUT2D eigenvalue weighted by Crippen LogP contribution is 2.36. The summed E-state index contributed by atoms with van der Waals surface area (Å²) in [5.74, 6) is -0.431. The molecule has 1 aromatic heterocycles. The summed E-state index contributed by atoms with van der Waals surface area (Å²) < 4.78 is 5.86. The Morgan fingerprint density at radius 3 is 2.89 bits per heavy atom. The Labute approximate surface area is 160 Å². The summed E-state index contributed by atoms with van der Waals surface area (Å²) in [4.78, 5) is 31.1. The number of anilines is 1. The van der Waals surface area contributed by atoms with E-state index in [9.17, 15) is 9.59 Å². The van der Waals surface area contributed by atoms with E-state index < -0.39 is 5.97 Å². The zero-order valence-corrected chi connectivity index (χ0v) is 15.7. The van der Waals surface area contributed by atoms with Crippen molar-refractivity contribution in [1.29, 1.82) is 0 Å². The van der Waals surface area contributed by atoms with Gasteiger partial charge in [-0.2, -0.15) is 0 Å². The molecule has 0 spiro atoms. The molecule has 0 aliphatic carbocycles. The fraction of sp³-hybridized carbons (Fsp3) is 0.250. The molecule has 1 N–H and O–H groups in total. The molecule has 0 radical (unpaired) electrons. The average molecular weight is 381 g/mol. The number of thiazole rings is 1. The Hall–Kier alpha value is -2.93. The molecule has 1 aliphatic heterocycles. The van der Waals surface area contributed by atoms with Crippen LogP contribution in [0.2, 0.25) is 0 Å². The van der Waals surface area contributed by atoms with Gasteiger partial charge in [-0.1, -0.05) is 18.2 Å². The number of aromatic nitrogens is 1. The van der Waals surface area contributed by atoms with Crippen LogP contribution in [0.1, 0.15) is 34.2 Å². The van der Waals surface area contributed by atoms with Crippen molar-refractivity contribution < 1.29 is 14.3 Å². The first kappa shape index (κ1) is 17.5. The van der Waals surface area contributed by atoms with Gasteiger partial charge in [0, 0.05) is 12.2 Å². The molecule has 0 bridgehead atoms. The largest absolute Gasteiger partial charge is 0.465 e. The second-order valence-electron chi connectivity index (χ2n) is 6.37. The lowest BCUT2D eigenvalue weighted by molar-refractivity contribution is 0.0600. The minimum atomic E-state index is -0.431. The van der Waals surface area contributed by atoms with Crippen LogP contribution < -0.4 is 5.32 Å². The van der Waals surface area contributed by atoms with Crippen molar-refractivity contribution in [2.45, 2.75) is 18.9 Å². The van der Waals surface area contributed by atoms with Gasteiger partial charge in [0.1, 0.15) is 5.01 Å². The van der Waals surface area contributed by atoms with Gasteiger partial charge in [0.05, 0.1) is 28.9 Å². The van der Waals surface area contributed by atoms with Gasteiger partial charge in [0.2, 0.25) is 0 Å². The number of amides is 2. The average Bonchev–Trinajstić information content (AvgIpc) is 3.34. The number of esters is 1. The van der Waals surface area contributed by atoms with Crippen LogP contribution in [0.3, 0.4) is 0 Å². The summed E-state index contributed by atoms with van der Waals surface area (Å²) in [5, 5.41) is 3.86. The smallest absolute Gasteiger partial charge is 0.337 e. The van der Waals surface area contributed by atoms with Crippen molar-refractivity contribution >= 4 is 39.2 Å². The van der Waals surface area contributed by atoms with E-state index in [2.05, 4.69) is 5.32 Å². The molecule has 2 aromatic carbocycles. The van der Waals surface area contributed by atoms with Crippen LogP contribution >= 0.6 is 11.3 Å². The Kier molecular flexibility index (Phi) is 4.77. The SMILES string of the molecule is COC(=O)c1cccc(NC(=O)N2CCC[C@@H]2c2nc3ccccc3s2)c1. The van der Waals surface area contributed by atoms with Gasteiger partial charge >= 0.3 is 12.0 Å². The van der Waals surface area contributed by atoms with Crippen LogP contribution in [0, 0.1) is 0 Å². The number of nitrogens with zero attached hydrogens (tertiary/aromatic N) is 2. The van der Waals surface area contributed by atoms with Crippen LogP contribution in [0.5, 0.6) is 0 Å². The van der Waals surface area contributed by atoms with E-state index in [0.717, 1.165) is 28.1 Å². The molecule has 27 heavy (non-hydrogen) atoms. The van der Waals surface area contributed by atoms with Gasteiger partial charge in [-0.3, -0.25) is 0 Å². The number of para-hydroxylation sites is 1. The zero-order chi connectivity index (χ0) is 18.8. The van der Waals surface area contributed by atoms with E-state index in [-0.39, 0.29) is 12.1 Å². The summed E-state index contributed by atoms with van der Waals surface area (Å²) in [6.45, 7) is 0.684. The first-order valence-corrected chi connectivity index (χ1v) is 9.59. The number of urea groups is 1. The number of benzene rings is 2. The predicted octanol–water partition coefficient (Wildman–Crippen LogP) is 4.45. The van der Waals surface area contributed by atoms with Crippen molar-refractivity contribution in [3.63, 3.8) is 0 Å². The molecule has 2 amide bonds. The molecule has 6 nitrogen and oxygen atoms in total. The second-order valence-corrected chi connectivity index (χ2v) is 7.44. The number of fused-ring (bicyclic) bond motifs is 1. The van der Waals surface area contributed by atoms with E-state index in [1.165, 1.54) is 7.11 Å². The van der Waals surface area contributed by atoms with E-state index >= 15 is 0 Å². The molecule has 1 atom stereocenters. The number of ether oxygens (including phenoxy) is 1. The molecule has 1 fully saturated rings. The van der Waals surface area contributed by atoms with Crippen molar-refractivity contribution in [1.82, 2.24) is 9.88 Å². The quantitative estimate of drug-likeness (QED) is 0.680. The Morgan fingerprint density at radius 1 is 1.22 bits per heavy atom. The van der Waals surface area contributed by atoms with Crippen LogP contribution in [-0.4, -0.2) is 35.5 Å². The van der Waals surface area contributed by atoms with Gasteiger partial charge in [0.25, 0.3) is 0 Å². The topological polar surface area (TPSA) is 71.5 Å². The van der Waals surface area contributed by atoms with Gasteiger partial charge in [-0.05, 0) is 43.2 Å². The Morgan fingerprint density at radius 2 is 2.07 bits per heavy atom. The Bertz CT molecular complexity index is 968. The summed E-state index contributed by atoms with van der Waals surface area (Å²) in [6.07, 6.45) is 1.84. The normalized spacial score (nSPS) is 16.5. The highest BCUT2D eigenvalue weighted by molar-refractivity contribution is 7.18. The van der Waals surface area contributed by atoms with Crippen molar-refractivity contribution in [3.8, 4) is 0 Å². The number of carbonyl (C=O) groups is 2. The maximum atomic E-state index is 12.8. The first-order valence-electron chi connectivity index (χ1n) is 8.77. The highest BCUT2D eigenvalue weighted by Gasteiger charge is 2.32. The van der Waals surface area contributed by atoms with Crippen LogP contribution in [0.15, 0.2) is 48.5 Å². The minimum absolute atomic E-state index is 0.0220. The number of methoxy groups -OCH3 is 1. The summed E-state index contributed by atoms with van der Waals surface area (Å²) in [5.41, 5.74) is 1.94. The molecule has 2 heterocycles. The fourth-order valence-electron chi connectivity index (χ4n) is 3.34. The molecule has 7 heteroatoms. The summed E-state index contributed by atoms with van der Waals surface area (Å²) in [7, 11) is 1.33. The fourth-order valence-corrected chi connectivity index (χ4v) is 4.45. The summed E-state index contributed by atoms with van der Waals surface area (Å²) in [6, 6.07) is 14.6. The van der Waals surface area contributed by atoms with Crippen LogP contribution in [0.25, 0.3) is 10.2 Å². The molecule has 138 valence electrons. The standard InChI is InChI=1S/C20H19N3O3S/c1-26-19(24)13-6-4-7-14(12-13)21-20(25)23-11-5-9-16(23)18-22-15-8-2-3-10-17(15)27-18/h2-4,6-8,10,12,16H,5,9,11H2,1H3,(H,21,25)/t16-/m1/s1. The van der Waals surface area contributed by atoms with Crippen LogP contribution in [0.4, 0.5) is 10.5 Å². The second kappa shape index (κ2) is 7.36. The van der Waals surface area contributed by atoms with Crippen molar-refractivity contribution in [3.05, 3.63) is 59.1 Å². The van der Waals surface area contributed by atoms with Gasteiger partial charge in [0.15, 0.2) is 0 Å². The van der Waals surface area contributed by atoms with Crippen molar-refractivity contribution in [2.75, 3.05) is 19.0 Å². The molecule has 0 saturated carbocycles. The maximum Gasteiger partial charge on any atom is 0.337 e. The molecule has 3 aromatic rings. The highest BCUT2D eigenvalue weighted by atomic mass is 32.1. The zero-order valence-electron chi connectivity index (χ0n) is 14.8. The number of nitrogens with one attached hydrogen (secondary N) is 1. The van der Waals surface area contributed by atoms with Gasteiger partial charge in [-0.15, -0.1) is 11.3 Å². The molecular formula is C20H19N3O3S. The molecule has 1 saturated heterocycles. The maximum absolute atomic E-state index is 12.8. The predicted molar refractivity (Wildman–Crippen MR) is 105 cm³/mol. The summed E-state index contributed by atoms with van der Waals surface area (Å²) >= 11 is 1.64. The Balaban J connectivity index is 1.53. The molecule has 4 rings (SSSR count). The lowest BCUT2D eigenvalue weighted by Gasteiger charge is -2.23. The van der Waals surface area contributed by atoms with Gasteiger partial charge in [-0.25, -0.2) is 14.6 Å². The first-order chi connectivity index (χ1) is 13.2. The van der Waals surface area contributed by atoms with E-state index in [1.54, 1.807) is 35.6 Å². The number of rotatable bonds is 3. The van der Waals surface area contributed by atoms with E-state index in [4.69, 9.17) is 9.72 Å². The molecule has 0 unspecified atom stereocenters. The third-order valence-electron chi connectivity index (χ3n) is 4.64. The van der Waals surface area contributed by atoms with Crippen molar-refractivity contribution in [2.24, 2.45) is 0 Å². The number of likely N-dealkylation sites (tertiary alicyclic amines) is 1. The van der Waals surface area contributed by atoms with Crippen LogP contribution in [-0.2, 0) is 4.74 Å². The molecule has 1 aliphatic rings. The number of hydrogen-bond acceptors (Lipinski definition) is 5.